The molecule has 2 N–H and O–H groups in total. The highest BCUT2D eigenvalue weighted by molar-refractivity contribution is 7.21. The highest BCUT2D eigenvalue weighted by Gasteiger charge is 2.39. The molecule has 1 unspecified atom stereocenters. The van der Waals surface area contributed by atoms with Gasteiger partial charge in [0.2, 0.25) is 11.8 Å². The van der Waals surface area contributed by atoms with E-state index >= 15 is 0 Å². The molecule has 0 bridgehead atoms. The largest absolute Gasteiger partial charge is 0.494 e. The number of hydrogen-bond donors (Lipinski definition) is 2. The van der Waals surface area contributed by atoms with Crippen LogP contribution < -0.4 is 20.3 Å². The second-order valence-electron chi connectivity index (χ2n) is 13.3. The first-order valence-electron chi connectivity index (χ1n) is 17.3. The SMILES string of the molecule is CN(C)c1ccc(-c2ccc(-c3nc4ccc(NCCCCCOc5ccc6c(c5)CN(C5CCC(=O)NC5=O)C6=O)cc4s3)c(C(F)(F)F)c2)cn1. The normalized spacial score (nSPS) is 15.8. The van der Waals surface area contributed by atoms with Gasteiger partial charge in [-0.25, -0.2) is 9.97 Å². The number of nitrogens with zero attached hydrogens (tertiary/aromatic N) is 4. The molecule has 1 fully saturated rings. The van der Waals surface area contributed by atoms with Crippen molar-refractivity contribution in [3.63, 3.8) is 0 Å². The number of alkyl halides is 3. The minimum Gasteiger partial charge on any atom is -0.494 e. The van der Waals surface area contributed by atoms with Gasteiger partial charge in [0, 0.05) is 62.2 Å². The second-order valence-corrected chi connectivity index (χ2v) is 14.3. The van der Waals surface area contributed by atoms with Gasteiger partial charge in [0.05, 0.1) is 22.4 Å². The predicted octanol–water partition coefficient (Wildman–Crippen LogP) is 7.53. The third-order valence-electron chi connectivity index (χ3n) is 9.40. The minimum atomic E-state index is -4.57. The van der Waals surface area contributed by atoms with Crippen molar-refractivity contribution in [1.29, 1.82) is 0 Å². The van der Waals surface area contributed by atoms with Gasteiger partial charge in [-0.15, -0.1) is 11.3 Å². The van der Waals surface area contributed by atoms with E-state index in [2.05, 4.69) is 20.6 Å². The van der Waals surface area contributed by atoms with E-state index in [9.17, 15) is 27.6 Å². The van der Waals surface area contributed by atoms with E-state index < -0.39 is 23.7 Å². The number of benzene rings is 3. The molecule has 3 amide bonds. The van der Waals surface area contributed by atoms with Gasteiger partial charge in [-0.1, -0.05) is 12.1 Å². The van der Waals surface area contributed by atoms with Crippen LogP contribution in [0.5, 0.6) is 5.75 Å². The average molecular weight is 743 g/mol. The van der Waals surface area contributed by atoms with Crippen molar-refractivity contribution in [3.05, 3.63) is 89.6 Å². The monoisotopic (exact) mass is 742 g/mol. The molecule has 2 aliphatic heterocycles. The van der Waals surface area contributed by atoms with Gasteiger partial charge in [-0.05, 0) is 91.4 Å². The number of imide groups is 1. The lowest BCUT2D eigenvalue weighted by atomic mass is 10.00. The first-order chi connectivity index (χ1) is 25.4. The summed E-state index contributed by atoms with van der Waals surface area (Å²) in [7, 11) is 3.70. The molecule has 274 valence electrons. The van der Waals surface area contributed by atoms with Gasteiger partial charge in [0.25, 0.3) is 5.91 Å². The van der Waals surface area contributed by atoms with Gasteiger partial charge in [0.1, 0.15) is 22.6 Å². The van der Waals surface area contributed by atoms with Crippen molar-refractivity contribution in [2.24, 2.45) is 0 Å². The number of pyridine rings is 1. The number of nitrogens with one attached hydrogen (secondary N) is 2. The van der Waals surface area contributed by atoms with Crippen molar-refractivity contribution in [2.75, 3.05) is 37.5 Å². The molecular weight excluding hydrogens is 706 g/mol. The van der Waals surface area contributed by atoms with E-state index in [4.69, 9.17) is 4.74 Å². The molecule has 7 rings (SSSR count). The molecule has 10 nitrogen and oxygen atoms in total. The van der Waals surface area contributed by atoms with Crippen LogP contribution in [0.3, 0.4) is 0 Å². The molecule has 1 saturated heterocycles. The van der Waals surface area contributed by atoms with Crippen molar-refractivity contribution >= 4 is 50.8 Å². The third-order valence-corrected chi connectivity index (χ3v) is 10.4. The standard InChI is InChI=1S/C39H37F3N6O4S/c1-47(2)34-14-7-24(21-44-34)23-6-10-29(30(19-23)39(40,41)42)37-45-31-12-8-26(20-33(31)53-37)43-16-4-3-5-17-52-27-9-11-28-25(18-27)22-48(38(28)51)32-13-15-35(49)46-36(32)50/h6-12,14,18-21,32,43H,3-5,13,15-17,22H2,1-2H3,(H,46,49,50). The van der Waals surface area contributed by atoms with E-state index in [-0.39, 0.29) is 23.8 Å². The maximum absolute atomic E-state index is 14.3. The fourth-order valence-electron chi connectivity index (χ4n) is 6.58. The van der Waals surface area contributed by atoms with E-state index in [1.165, 1.54) is 28.4 Å². The molecule has 2 aromatic heterocycles. The summed E-state index contributed by atoms with van der Waals surface area (Å²) in [6, 6.07) is 18.1. The predicted molar refractivity (Wildman–Crippen MR) is 198 cm³/mol. The Labute approximate surface area is 308 Å². The summed E-state index contributed by atoms with van der Waals surface area (Å²) in [5, 5.41) is 6.02. The van der Waals surface area contributed by atoms with Gasteiger partial charge in [0.15, 0.2) is 0 Å². The molecule has 3 aromatic carbocycles. The number of rotatable bonds is 12. The van der Waals surface area contributed by atoms with Crippen LogP contribution in [0.4, 0.5) is 24.7 Å². The number of fused-ring (bicyclic) bond motifs is 2. The number of amides is 3. The zero-order chi connectivity index (χ0) is 37.3. The topological polar surface area (TPSA) is 117 Å². The summed E-state index contributed by atoms with van der Waals surface area (Å²) in [6.45, 7) is 1.50. The molecule has 0 aliphatic carbocycles. The number of halogens is 3. The van der Waals surface area contributed by atoms with Crippen LogP contribution in [-0.2, 0) is 22.3 Å². The number of piperidine rings is 1. The summed E-state index contributed by atoms with van der Waals surface area (Å²) in [4.78, 5) is 49.0. The van der Waals surface area contributed by atoms with E-state index in [0.717, 1.165) is 35.2 Å². The Morgan fingerprint density at radius 3 is 2.53 bits per heavy atom. The molecule has 53 heavy (non-hydrogen) atoms. The first-order valence-corrected chi connectivity index (χ1v) is 18.2. The van der Waals surface area contributed by atoms with Crippen LogP contribution in [0.15, 0.2) is 72.9 Å². The number of anilines is 2. The first kappa shape index (κ1) is 35.9. The molecule has 4 heterocycles. The summed E-state index contributed by atoms with van der Waals surface area (Å²) < 4.78 is 49.7. The van der Waals surface area contributed by atoms with Crippen molar-refractivity contribution in [2.45, 2.75) is 50.9 Å². The molecule has 2 aliphatic rings. The van der Waals surface area contributed by atoms with Crippen molar-refractivity contribution < 1.29 is 32.3 Å². The number of thiazole rings is 1. The van der Waals surface area contributed by atoms with E-state index in [0.29, 0.717) is 64.9 Å². The molecule has 0 saturated carbocycles. The summed E-state index contributed by atoms with van der Waals surface area (Å²) in [6.07, 6.45) is 0.128. The summed E-state index contributed by atoms with van der Waals surface area (Å²) in [5.41, 5.74) is 3.16. The number of carbonyl (C=O) groups excluding carboxylic acids is 3. The number of unbranched alkanes of at least 4 members (excludes halogenated alkanes) is 2. The Morgan fingerprint density at radius 2 is 1.77 bits per heavy atom. The average Bonchev–Trinajstić information content (AvgIpc) is 3.70. The van der Waals surface area contributed by atoms with Gasteiger partial charge in [-0.2, -0.15) is 13.2 Å². The van der Waals surface area contributed by atoms with Crippen LogP contribution in [0.2, 0.25) is 0 Å². The lowest BCUT2D eigenvalue weighted by Crippen LogP contribution is -2.52. The van der Waals surface area contributed by atoms with Gasteiger partial charge in [-0.3, -0.25) is 19.7 Å². The zero-order valence-corrected chi connectivity index (χ0v) is 29.9. The molecule has 1 atom stereocenters. The van der Waals surface area contributed by atoms with Crippen LogP contribution >= 0.6 is 11.3 Å². The van der Waals surface area contributed by atoms with Crippen molar-refractivity contribution in [3.8, 4) is 27.4 Å². The van der Waals surface area contributed by atoms with Gasteiger partial charge >= 0.3 is 6.18 Å². The smallest absolute Gasteiger partial charge is 0.417 e. The maximum atomic E-state index is 14.3. The Kier molecular flexibility index (Phi) is 10.1. The van der Waals surface area contributed by atoms with Gasteiger partial charge < -0.3 is 19.9 Å². The van der Waals surface area contributed by atoms with Crippen LogP contribution in [0.1, 0.15) is 53.6 Å². The molecular formula is C39H37F3N6O4S. The van der Waals surface area contributed by atoms with Crippen LogP contribution in [-0.4, -0.2) is 65.9 Å². The molecule has 5 aromatic rings. The van der Waals surface area contributed by atoms with Crippen LogP contribution in [0, 0.1) is 0 Å². The molecule has 0 radical (unpaired) electrons. The van der Waals surface area contributed by atoms with E-state index in [1.807, 2.05) is 43.3 Å². The molecule has 0 spiro atoms. The Bertz CT molecular complexity index is 2190. The zero-order valence-electron chi connectivity index (χ0n) is 29.1. The number of aromatic nitrogens is 2. The Hall–Kier alpha value is -5.50. The maximum Gasteiger partial charge on any atom is 0.417 e. The number of ether oxygens (including phenoxy) is 1. The lowest BCUT2D eigenvalue weighted by molar-refractivity contribution is -0.138. The number of hydrogen-bond acceptors (Lipinski definition) is 9. The Balaban J connectivity index is 0.905. The third kappa shape index (κ3) is 7.82. The quantitative estimate of drug-likeness (QED) is 0.0996. The van der Waals surface area contributed by atoms with E-state index in [1.54, 1.807) is 36.5 Å². The number of carbonyl (C=O) groups is 3. The Morgan fingerprint density at radius 1 is 0.962 bits per heavy atom. The van der Waals surface area contributed by atoms with Crippen LogP contribution in [0.25, 0.3) is 31.9 Å². The lowest BCUT2D eigenvalue weighted by Gasteiger charge is -2.29. The summed E-state index contributed by atoms with van der Waals surface area (Å²) in [5.74, 6) is 0.397. The summed E-state index contributed by atoms with van der Waals surface area (Å²) >= 11 is 1.23. The minimum absolute atomic E-state index is 0.0413. The highest BCUT2D eigenvalue weighted by Crippen LogP contribution is 2.42. The highest BCUT2D eigenvalue weighted by atomic mass is 32.1. The fraction of sp³-hybridized carbons (Fsp3) is 0.308. The fourth-order valence-corrected chi connectivity index (χ4v) is 7.63. The second kappa shape index (κ2) is 14.9. The molecule has 14 heteroatoms. The van der Waals surface area contributed by atoms with Crippen molar-refractivity contribution in [1.82, 2.24) is 20.2 Å².